The highest BCUT2D eigenvalue weighted by Gasteiger charge is 2.34. The topological polar surface area (TPSA) is 84.3 Å². The van der Waals surface area contributed by atoms with Crippen molar-refractivity contribution in [3.05, 3.63) is 68.2 Å². The highest BCUT2D eigenvalue weighted by atomic mass is 35.6. The molecule has 0 radical (unpaired) electrons. The van der Waals surface area contributed by atoms with Gasteiger partial charge in [-0.3, -0.25) is 14.9 Å². The lowest BCUT2D eigenvalue weighted by Gasteiger charge is -2.27. The van der Waals surface area contributed by atoms with Crippen LogP contribution in [0.1, 0.15) is 10.4 Å². The largest absolute Gasteiger partial charge is 0.362 e. The molecule has 0 fully saturated rings. The van der Waals surface area contributed by atoms with E-state index < -0.39 is 20.8 Å². The molecule has 0 spiro atoms. The van der Waals surface area contributed by atoms with Crippen molar-refractivity contribution in [1.82, 2.24) is 5.32 Å². The van der Waals surface area contributed by atoms with Crippen LogP contribution in [0, 0.1) is 10.1 Å². The molecular weight excluding hydrogens is 447 g/mol. The summed E-state index contributed by atoms with van der Waals surface area (Å²) in [6, 6.07) is 9.72. The molecule has 0 saturated heterocycles. The van der Waals surface area contributed by atoms with E-state index in [2.05, 4.69) is 10.6 Å². The Labute approximate surface area is 173 Å². The molecule has 2 aromatic carbocycles. The molecule has 0 heterocycles. The smallest absolute Gasteiger partial charge is 0.269 e. The van der Waals surface area contributed by atoms with E-state index in [1.165, 1.54) is 42.5 Å². The van der Waals surface area contributed by atoms with Gasteiger partial charge in [0.1, 0.15) is 6.17 Å². The zero-order chi connectivity index (χ0) is 19.5. The van der Waals surface area contributed by atoms with Gasteiger partial charge in [0.25, 0.3) is 11.6 Å². The third-order valence-corrected chi connectivity index (χ3v) is 4.37. The Hall–Kier alpha value is -1.44. The number of hydrogen-bond acceptors (Lipinski definition) is 4. The second-order valence-electron chi connectivity index (χ2n) is 5.02. The SMILES string of the molecule is O=C(N[C@@H](Nc1ccc([N+](=O)[O-])cc1)C(Cl)(Cl)Cl)c1ccc(Cl)cc1Cl. The molecule has 1 atom stereocenters. The number of amides is 1. The Balaban J connectivity index is 2.19. The number of nitrogens with one attached hydrogen (secondary N) is 2. The number of nitro groups is 1. The summed E-state index contributed by atoms with van der Waals surface area (Å²) in [6.45, 7) is 0. The Morgan fingerprint density at radius 3 is 2.19 bits per heavy atom. The molecule has 26 heavy (non-hydrogen) atoms. The molecule has 1 amide bonds. The lowest BCUT2D eigenvalue weighted by Crippen LogP contribution is -2.49. The second kappa shape index (κ2) is 8.50. The maximum atomic E-state index is 12.4. The van der Waals surface area contributed by atoms with Crippen LogP contribution in [0.25, 0.3) is 0 Å². The van der Waals surface area contributed by atoms with Gasteiger partial charge in [-0.2, -0.15) is 0 Å². The fraction of sp³-hybridized carbons (Fsp3) is 0.133. The number of halogens is 5. The standard InChI is InChI=1S/C15H10Cl5N3O3/c16-8-1-6-11(12(17)7-8)13(24)22-14(15(18,19)20)21-9-2-4-10(5-3-9)23(25)26/h1-7,14,21H,(H,22,24)/t14-/m1/s1. The summed E-state index contributed by atoms with van der Waals surface area (Å²) in [5, 5.41) is 16.5. The van der Waals surface area contributed by atoms with Gasteiger partial charge in [-0.15, -0.1) is 0 Å². The maximum Gasteiger partial charge on any atom is 0.269 e. The third kappa shape index (κ3) is 5.53. The van der Waals surface area contributed by atoms with Crippen LogP contribution in [0.2, 0.25) is 10.0 Å². The number of alkyl halides is 3. The summed E-state index contributed by atoms with van der Waals surface area (Å²) in [5.41, 5.74) is 0.438. The predicted octanol–water partition coefficient (Wildman–Crippen LogP) is 5.44. The Morgan fingerprint density at radius 2 is 1.69 bits per heavy atom. The van der Waals surface area contributed by atoms with Crippen LogP contribution >= 0.6 is 58.0 Å². The van der Waals surface area contributed by atoms with E-state index in [0.717, 1.165) is 0 Å². The zero-order valence-electron chi connectivity index (χ0n) is 12.7. The maximum absolute atomic E-state index is 12.4. The lowest BCUT2D eigenvalue weighted by molar-refractivity contribution is -0.384. The first-order chi connectivity index (χ1) is 12.1. The van der Waals surface area contributed by atoms with Crippen molar-refractivity contribution in [2.45, 2.75) is 9.96 Å². The monoisotopic (exact) mass is 455 g/mol. The van der Waals surface area contributed by atoms with E-state index in [1.807, 2.05) is 0 Å². The zero-order valence-corrected chi connectivity index (χ0v) is 16.5. The number of anilines is 1. The molecule has 138 valence electrons. The number of benzene rings is 2. The normalized spacial score (nSPS) is 12.3. The van der Waals surface area contributed by atoms with Crippen LogP contribution < -0.4 is 10.6 Å². The minimum absolute atomic E-state index is 0.0991. The molecule has 0 aliphatic rings. The molecule has 2 N–H and O–H groups in total. The first-order valence-electron chi connectivity index (χ1n) is 6.91. The number of rotatable bonds is 5. The van der Waals surface area contributed by atoms with E-state index in [-0.39, 0.29) is 16.3 Å². The number of carbonyl (C=O) groups is 1. The van der Waals surface area contributed by atoms with Crippen molar-refractivity contribution in [2.24, 2.45) is 0 Å². The van der Waals surface area contributed by atoms with Crippen LogP contribution in [0.3, 0.4) is 0 Å². The highest BCUT2D eigenvalue weighted by molar-refractivity contribution is 6.68. The van der Waals surface area contributed by atoms with Crippen LogP contribution in [0.5, 0.6) is 0 Å². The summed E-state index contributed by atoms with van der Waals surface area (Å²) >= 11 is 29.6. The van der Waals surface area contributed by atoms with E-state index in [9.17, 15) is 14.9 Å². The Morgan fingerprint density at radius 1 is 1.08 bits per heavy atom. The number of nitro benzene ring substituents is 1. The van der Waals surface area contributed by atoms with Crippen molar-refractivity contribution in [2.75, 3.05) is 5.32 Å². The quantitative estimate of drug-likeness (QED) is 0.271. The van der Waals surface area contributed by atoms with Crippen LogP contribution in [-0.4, -0.2) is 20.8 Å². The minimum atomic E-state index is -1.92. The minimum Gasteiger partial charge on any atom is -0.362 e. The third-order valence-electron chi connectivity index (χ3n) is 3.17. The molecule has 2 aromatic rings. The molecule has 6 nitrogen and oxygen atoms in total. The van der Waals surface area contributed by atoms with E-state index >= 15 is 0 Å². The van der Waals surface area contributed by atoms with Crippen molar-refractivity contribution in [1.29, 1.82) is 0 Å². The van der Waals surface area contributed by atoms with Gasteiger partial charge >= 0.3 is 0 Å². The summed E-state index contributed by atoms with van der Waals surface area (Å²) in [5.74, 6) is -0.600. The van der Waals surface area contributed by atoms with Crippen LogP contribution in [0.15, 0.2) is 42.5 Å². The van der Waals surface area contributed by atoms with E-state index in [1.54, 1.807) is 0 Å². The Bertz CT molecular complexity index is 824. The number of non-ortho nitro benzene ring substituents is 1. The van der Waals surface area contributed by atoms with Crippen molar-refractivity contribution >= 4 is 75.3 Å². The van der Waals surface area contributed by atoms with Crippen LogP contribution in [0.4, 0.5) is 11.4 Å². The van der Waals surface area contributed by atoms with E-state index in [0.29, 0.717) is 10.7 Å². The highest BCUT2D eigenvalue weighted by Crippen LogP contribution is 2.32. The molecule has 11 heteroatoms. The first kappa shape index (κ1) is 20.9. The number of nitrogens with zero attached hydrogens (tertiary/aromatic N) is 1. The van der Waals surface area contributed by atoms with Gasteiger partial charge in [0.15, 0.2) is 0 Å². The van der Waals surface area contributed by atoms with Crippen molar-refractivity contribution in [3.63, 3.8) is 0 Å². The van der Waals surface area contributed by atoms with Crippen LogP contribution in [-0.2, 0) is 0 Å². The molecule has 2 rings (SSSR count). The summed E-state index contributed by atoms with van der Waals surface area (Å²) < 4.78 is -1.92. The molecule has 0 bridgehead atoms. The number of hydrogen-bond donors (Lipinski definition) is 2. The van der Waals surface area contributed by atoms with Gasteiger partial charge in [0.05, 0.1) is 15.5 Å². The average Bonchev–Trinajstić information content (AvgIpc) is 2.53. The average molecular weight is 458 g/mol. The predicted molar refractivity (Wildman–Crippen MR) is 105 cm³/mol. The summed E-state index contributed by atoms with van der Waals surface area (Å²) in [4.78, 5) is 22.6. The van der Waals surface area contributed by atoms with E-state index in [4.69, 9.17) is 58.0 Å². The van der Waals surface area contributed by atoms with Gasteiger partial charge in [-0.05, 0) is 30.3 Å². The van der Waals surface area contributed by atoms with Gasteiger partial charge in [0.2, 0.25) is 3.79 Å². The summed E-state index contributed by atoms with van der Waals surface area (Å²) in [6.07, 6.45) is -1.15. The molecular formula is C15H10Cl5N3O3. The van der Waals surface area contributed by atoms with Gasteiger partial charge in [-0.25, -0.2) is 0 Å². The molecule has 0 aliphatic heterocycles. The van der Waals surface area contributed by atoms with Crippen molar-refractivity contribution in [3.8, 4) is 0 Å². The van der Waals surface area contributed by atoms with Gasteiger partial charge < -0.3 is 10.6 Å². The fourth-order valence-electron chi connectivity index (χ4n) is 1.93. The molecule has 0 aromatic heterocycles. The summed E-state index contributed by atoms with van der Waals surface area (Å²) in [7, 11) is 0. The number of carbonyl (C=O) groups excluding carboxylic acids is 1. The molecule has 0 saturated carbocycles. The molecule has 0 unspecified atom stereocenters. The first-order valence-corrected chi connectivity index (χ1v) is 8.80. The fourth-order valence-corrected chi connectivity index (χ4v) is 2.75. The van der Waals surface area contributed by atoms with Crippen molar-refractivity contribution < 1.29 is 9.72 Å². The van der Waals surface area contributed by atoms with Gasteiger partial charge in [0, 0.05) is 22.8 Å². The van der Waals surface area contributed by atoms with Gasteiger partial charge in [-0.1, -0.05) is 58.0 Å². The lowest BCUT2D eigenvalue weighted by atomic mass is 10.2. The second-order valence-corrected chi connectivity index (χ2v) is 8.23. The Kier molecular flexibility index (Phi) is 6.82. The molecule has 0 aliphatic carbocycles.